The molecule has 0 spiro atoms. The molecule has 1 aliphatic heterocycles. The van der Waals surface area contributed by atoms with Gasteiger partial charge in [0.2, 0.25) is 0 Å². The molecule has 0 aliphatic carbocycles. The monoisotopic (exact) mass is 276 g/mol. The standard InChI is InChI=1S/C16H28N4/c1-5-9-17-15-10-12(2)18-16(19-15)11-20-13(3)7-6-8-14(20)4/h10,13-14H,5-9,11H2,1-4H3,(H,17,18,19). The molecule has 0 aromatic carbocycles. The Morgan fingerprint density at radius 1 is 1.25 bits per heavy atom. The number of hydrogen-bond acceptors (Lipinski definition) is 4. The van der Waals surface area contributed by atoms with Crippen LogP contribution >= 0.6 is 0 Å². The SMILES string of the molecule is CCCNc1cc(C)nc(CN2C(C)CCCC2C)n1. The van der Waals surface area contributed by atoms with Crippen LogP contribution in [-0.4, -0.2) is 33.5 Å². The Bertz CT molecular complexity index is 422. The molecular weight excluding hydrogens is 248 g/mol. The number of nitrogens with one attached hydrogen (secondary N) is 1. The predicted molar refractivity (Wildman–Crippen MR) is 83.9 cm³/mol. The second-order valence-electron chi connectivity index (χ2n) is 6.04. The Hall–Kier alpha value is -1.16. The van der Waals surface area contributed by atoms with Crippen molar-refractivity contribution < 1.29 is 0 Å². The first-order valence-corrected chi connectivity index (χ1v) is 7.94. The molecule has 2 heterocycles. The first-order chi connectivity index (χ1) is 9.60. The Morgan fingerprint density at radius 3 is 2.60 bits per heavy atom. The first-order valence-electron chi connectivity index (χ1n) is 7.94. The molecule has 112 valence electrons. The summed E-state index contributed by atoms with van der Waals surface area (Å²) in [6.45, 7) is 10.7. The molecule has 1 N–H and O–H groups in total. The van der Waals surface area contributed by atoms with Crippen molar-refractivity contribution in [3.8, 4) is 0 Å². The van der Waals surface area contributed by atoms with E-state index < -0.39 is 0 Å². The molecule has 0 radical (unpaired) electrons. The van der Waals surface area contributed by atoms with E-state index >= 15 is 0 Å². The van der Waals surface area contributed by atoms with Gasteiger partial charge in [-0.15, -0.1) is 0 Å². The summed E-state index contributed by atoms with van der Waals surface area (Å²) >= 11 is 0. The van der Waals surface area contributed by atoms with Crippen molar-refractivity contribution in [3.63, 3.8) is 0 Å². The number of rotatable bonds is 5. The van der Waals surface area contributed by atoms with Crippen molar-refractivity contribution in [1.29, 1.82) is 0 Å². The molecule has 1 aromatic heterocycles. The van der Waals surface area contributed by atoms with E-state index in [0.717, 1.165) is 36.8 Å². The summed E-state index contributed by atoms with van der Waals surface area (Å²) in [4.78, 5) is 11.8. The zero-order valence-electron chi connectivity index (χ0n) is 13.3. The Balaban J connectivity index is 2.09. The fourth-order valence-corrected chi connectivity index (χ4v) is 2.99. The zero-order chi connectivity index (χ0) is 14.5. The Labute approximate surface area is 123 Å². The Kier molecular flexibility index (Phi) is 5.35. The molecule has 1 saturated heterocycles. The summed E-state index contributed by atoms with van der Waals surface area (Å²) in [5.41, 5.74) is 1.05. The third-order valence-electron chi connectivity index (χ3n) is 4.16. The highest BCUT2D eigenvalue weighted by atomic mass is 15.2. The maximum Gasteiger partial charge on any atom is 0.144 e. The minimum absolute atomic E-state index is 0.634. The lowest BCUT2D eigenvalue weighted by Gasteiger charge is -2.38. The van der Waals surface area contributed by atoms with Crippen LogP contribution in [0.25, 0.3) is 0 Å². The normalized spacial score (nSPS) is 23.8. The minimum atomic E-state index is 0.634. The van der Waals surface area contributed by atoms with Gasteiger partial charge >= 0.3 is 0 Å². The van der Waals surface area contributed by atoms with Crippen molar-refractivity contribution in [2.24, 2.45) is 0 Å². The van der Waals surface area contributed by atoms with Gasteiger partial charge in [0.25, 0.3) is 0 Å². The number of piperidine rings is 1. The van der Waals surface area contributed by atoms with E-state index in [1.165, 1.54) is 19.3 Å². The lowest BCUT2D eigenvalue weighted by molar-refractivity contribution is 0.0922. The van der Waals surface area contributed by atoms with Gasteiger partial charge in [-0.3, -0.25) is 4.90 Å². The lowest BCUT2D eigenvalue weighted by atomic mass is 9.97. The van der Waals surface area contributed by atoms with E-state index in [2.05, 4.69) is 41.0 Å². The summed E-state index contributed by atoms with van der Waals surface area (Å²) in [5, 5.41) is 3.37. The molecule has 0 amide bonds. The van der Waals surface area contributed by atoms with Gasteiger partial charge in [-0.1, -0.05) is 13.3 Å². The van der Waals surface area contributed by atoms with Gasteiger partial charge in [0.05, 0.1) is 6.54 Å². The minimum Gasteiger partial charge on any atom is -0.370 e. The molecule has 1 aliphatic rings. The van der Waals surface area contributed by atoms with Gasteiger partial charge in [0, 0.05) is 30.4 Å². The average molecular weight is 276 g/mol. The van der Waals surface area contributed by atoms with Crippen molar-refractivity contribution in [3.05, 3.63) is 17.6 Å². The van der Waals surface area contributed by atoms with Crippen LogP contribution in [-0.2, 0) is 6.54 Å². The molecule has 1 fully saturated rings. The zero-order valence-corrected chi connectivity index (χ0v) is 13.3. The second kappa shape index (κ2) is 7.02. The summed E-state index contributed by atoms with van der Waals surface area (Å²) < 4.78 is 0. The van der Waals surface area contributed by atoms with E-state index in [1.807, 2.05) is 13.0 Å². The topological polar surface area (TPSA) is 41.1 Å². The highest BCUT2D eigenvalue weighted by molar-refractivity contribution is 5.35. The molecule has 2 rings (SSSR count). The number of anilines is 1. The van der Waals surface area contributed by atoms with E-state index in [-0.39, 0.29) is 0 Å². The third-order valence-corrected chi connectivity index (χ3v) is 4.16. The maximum atomic E-state index is 4.67. The number of nitrogens with zero attached hydrogens (tertiary/aromatic N) is 3. The van der Waals surface area contributed by atoms with Crippen LogP contribution in [0.2, 0.25) is 0 Å². The van der Waals surface area contributed by atoms with Crippen molar-refractivity contribution in [1.82, 2.24) is 14.9 Å². The highest BCUT2D eigenvalue weighted by Gasteiger charge is 2.25. The third kappa shape index (κ3) is 3.92. The highest BCUT2D eigenvalue weighted by Crippen LogP contribution is 2.24. The van der Waals surface area contributed by atoms with Crippen molar-refractivity contribution >= 4 is 5.82 Å². The molecule has 4 nitrogen and oxygen atoms in total. The predicted octanol–water partition coefficient (Wildman–Crippen LogP) is 3.37. The van der Waals surface area contributed by atoms with E-state index in [1.54, 1.807) is 0 Å². The van der Waals surface area contributed by atoms with Crippen LogP contribution in [0, 0.1) is 6.92 Å². The van der Waals surface area contributed by atoms with Gasteiger partial charge < -0.3 is 5.32 Å². The smallest absolute Gasteiger partial charge is 0.144 e. The molecule has 0 saturated carbocycles. The first kappa shape index (κ1) is 15.2. The number of aromatic nitrogens is 2. The van der Waals surface area contributed by atoms with Crippen LogP contribution in [0.4, 0.5) is 5.82 Å². The fourth-order valence-electron chi connectivity index (χ4n) is 2.99. The van der Waals surface area contributed by atoms with Crippen LogP contribution in [0.5, 0.6) is 0 Å². The van der Waals surface area contributed by atoms with E-state index in [0.29, 0.717) is 12.1 Å². The van der Waals surface area contributed by atoms with Crippen molar-refractivity contribution in [2.75, 3.05) is 11.9 Å². The molecule has 4 heteroatoms. The van der Waals surface area contributed by atoms with Crippen LogP contribution in [0.1, 0.15) is 58.0 Å². The largest absolute Gasteiger partial charge is 0.370 e. The van der Waals surface area contributed by atoms with Gasteiger partial charge in [0.15, 0.2) is 0 Å². The van der Waals surface area contributed by atoms with Gasteiger partial charge in [-0.2, -0.15) is 0 Å². The number of hydrogen-bond donors (Lipinski definition) is 1. The molecular formula is C16H28N4. The summed E-state index contributed by atoms with van der Waals surface area (Å²) in [6, 6.07) is 3.30. The van der Waals surface area contributed by atoms with Gasteiger partial charge in [0.1, 0.15) is 11.6 Å². The molecule has 2 atom stereocenters. The van der Waals surface area contributed by atoms with Gasteiger partial charge in [-0.05, 0) is 40.0 Å². The summed E-state index contributed by atoms with van der Waals surface area (Å²) in [7, 11) is 0. The Morgan fingerprint density at radius 2 is 1.95 bits per heavy atom. The molecule has 0 bridgehead atoms. The number of likely N-dealkylation sites (tertiary alicyclic amines) is 1. The number of aryl methyl sites for hydroxylation is 1. The van der Waals surface area contributed by atoms with E-state index in [9.17, 15) is 0 Å². The van der Waals surface area contributed by atoms with Crippen LogP contribution in [0.3, 0.4) is 0 Å². The molecule has 2 unspecified atom stereocenters. The molecule has 1 aromatic rings. The quantitative estimate of drug-likeness (QED) is 0.895. The fraction of sp³-hybridized carbons (Fsp3) is 0.750. The lowest BCUT2D eigenvalue weighted by Crippen LogP contribution is -2.43. The molecule has 20 heavy (non-hydrogen) atoms. The van der Waals surface area contributed by atoms with Crippen LogP contribution < -0.4 is 5.32 Å². The van der Waals surface area contributed by atoms with Crippen molar-refractivity contribution in [2.45, 2.75) is 72.0 Å². The van der Waals surface area contributed by atoms with Crippen LogP contribution in [0.15, 0.2) is 6.07 Å². The second-order valence-corrected chi connectivity index (χ2v) is 6.04. The van der Waals surface area contributed by atoms with E-state index in [4.69, 9.17) is 0 Å². The van der Waals surface area contributed by atoms with Gasteiger partial charge in [-0.25, -0.2) is 9.97 Å². The average Bonchev–Trinajstić information content (AvgIpc) is 2.40. The summed E-state index contributed by atoms with van der Waals surface area (Å²) in [6.07, 6.45) is 5.03. The maximum absolute atomic E-state index is 4.67. The summed E-state index contributed by atoms with van der Waals surface area (Å²) in [5.74, 6) is 1.91.